The van der Waals surface area contributed by atoms with Crippen LogP contribution in [0.5, 0.6) is 0 Å². The molecule has 0 unspecified atom stereocenters. The van der Waals surface area contributed by atoms with E-state index in [0.717, 1.165) is 50.5 Å². The number of allylic oxidation sites excluding steroid dienone is 7. The van der Waals surface area contributed by atoms with Crippen LogP contribution in [0.15, 0.2) is 46.6 Å². The van der Waals surface area contributed by atoms with E-state index in [2.05, 4.69) is 52.0 Å². The number of carboxylic acid groups (broad SMARTS) is 1. The summed E-state index contributed by atoms with van der Waals surface area (Å²) >= 11 is 0. The van der Waals surface area contributed by atoms with Gasteiger partial charge in [-0.1, -0.05) is 41.0 Å². The lowest BCUT2D eigenvalue weighted by atomic mass is 9.55. The summed E-state index contributed by atoms with van der Waals surface area (Å²) in [6, 6.07) is 0. The highest BCUT2D eigenvalue weighted by Gasteiger charge is 2.52. The number of aliphatic hydroxyl groups excluding tert-OH is 1. The lowest BCUT2D eigenvalue weighted by Crippen LogP contribution is -2.48. The predicted molar refractivity (Wildman–Crippen MR) is 116 cm³/mol. The first kappa shape index (κ1) is 22.7. The first-order valence-corrected chi connectivity index (χ1v) is 10.8. The lowest BCUT2D eigenvalue weighted by molar-refractivity contribution is -0.158. The molecule has 2 N–H and O–H groups in total. The molecule has 2 bridgehead atoms. The van der Waals surface area contributed by atoms with Gasteiger partial charge in [-0.3, -0.25) is 4.79 Å². The van der Waals surface area contributed by atoms with Crippen LogP contribution in [-0.4, -0.2) is 22.8 Å². The minimum Gasteiger partial charge on any atom is -0.481 e. The average molecular weight is 387 g/mol. The van der Waals surface area contributed by atoms with Crippen molar-refractivity contribution in [2.24, 2.45) is 17.3 Å². The smallest absolute Gasteiger partial charge is 0.310 e. The molecule has 28 heavy (non-hydrogen) atoms. The number of hydrogen-bond acceptors (Lipinski definition) is 2. The van der Waals surface area contributed by atoms with Gasteiger partial charge in [0.05, 0.1) is 12.0 Å². The molecule has 156 valence electrons. The van der Waals surface area contributed by atoms with Crippen LogP contribution >= 0.6 is 0 Å². The summed E-state index contributed by atoms with van der Waals surface area (Å²) in [6.07, 6.45) is 15.6. The van der Waals surface area contributed by atoms with Gasteiger partial charge in [-0.2, -0.15) is 0 Å². The second kappa shape index (κ2) is 10.2. The van der Waals surface area contributed by atoms with Gasteiger partial charge in [0, 0.05) is 0 Å². The maximum absolute atomic E-state index is 12.8. The van der Waals surface area contributed by atoms with E-state index in [0.29, 0.717) is 6.42 Å². The van der Waals surface area contributed by atoms with E-state index in [1.165, 1.54) is 16.7 Å². The highest BCUT2D eigenvalue weighted by atomic mass is 16.4. The first-order chi connectivity index (χ1) is 13.3. The van der Waals surface area contributed by atoms with Gasteiger partial charge in [0.2, 0.25) is 0 Å². The number of rotatable bonds is 5. The van der Waals surface area contributed by atoms with Crippen LogP contribution in [0.4, 0.5) is 0 Å². The van der Waals surface area contributed by atoms with E-state index >= 15 is 0 Å². The molecule has 2 aliphatic rings. The van der Waals surface area contributed by atoms with Crippen LogP contribution in [0.1, 0.15) is 79.1 Å². The van der Waals surface area contributed by atoms with Crippen LogP contribution in [0.2, 0.25) is 0 Å². The third kappa shape index (κ3) is 5.26. The van der Waals surface area contributed by atoms with Crippen molar-refractivity contribution >= 4 is 5.97 Å². The van der Waals surface area contributed by atoms with Gasteiger partial charge in [-0.15, -0.1) is 0 Å². The number of aliphatic carboxylic acids is 1. The fourth-order valence-electron chi connectivity index (χ4n) is 5.06. The minimum atomic E-state index is -0.810. The van der Waals surface area contributed by atoms with Crippen molar-refractivity contribution in [3.05, 3.63) is 46.6 Å². The Hall–Kier alpha value is -1.61. The molecule has 0 amide bonds. The summed E-state index contributed by atoms with van der Waals surface area (Å²) in [5.41, 5.74) is 4.03. The van der Waals surface area contributed by atoms with E-state index in [1.807, 2.05) is 0 Å². The van der Waals surface area contributed by atoms with E-state index in [4.69, 9.17) is 0 Å². The number of carbonyl (C=O) groups is 1. The zero-order valence-electron chi connectivity index (χ0n) is 18.1. The average Bonchev–Trinajstić information content (AvgIpc) is 2.63. The Morgan fingerprint density at radius 2 is 1.82 bits per heavy atom. The Kier molecular flexibility index (Phi) is 8.30. The van der Waals surface area contributed by atoms with Gasteiger partial charge < -0.3 is 10.2 Å². The van der Waals surface area contributed by atoms with E-state index in [-0.39, 0.29) is 18.4 Å². The maximum Gasteiger partial charge on any atom is 0.310 e. The zero-order chi connectivity index (χ0) is 20.7. The SMILES string of the molecule is CC(C)=CCC[C@@]1(C(=O)O)[C@@H]2CC=C(CO)[C@@H]1CC/C(C)=C/CC/C(C)=C/C2. The van der Waals surface area contributed by atoms with E-state index in [1.54, 1.807) is 0 Å². The molecule has 3 nitrogen and oxygen atoms in total. The molecule has 0 aliphatic heterocycles. The Balaban J connectivity index is 2.53. The summed E-state index contributed by atoms with van der Waals surface area (Å²) < 4.78 is 0. The van der Waals surface area contributed by atoms with Crippen LogP contribution in [-0.2, 0) is 4.79 Å². The van der Waals surface area contributed by atoms with Gasteiger partial charge in [0.1, 0.15) is 0 Å². The monoisotopic (exact) mass is 386 g/mol. The fraction of sp³-hybridized carbons (Fsp3) is 0.640. The van der Waals surface area contributed by atoms with Crippen molar-refractivity contribution in [1.82, 2.24) is 0 Å². The molecule has 0 spiro atoms. The third-order valence-corrected chi connectivity index (χ3v) is 6.76. The van der Waals surface area contributed by atoms with E-state index < -0.39 is 11.4 Å². The number of aliphatic hydroxyl groups is 1. The molecule has 0 heterocycles. The number of carboxylic acids is 1. The lowest BCUT2D eigenvalue weighted by Gasteiger charge is -2.47. The summed E-state index contributed by atoms with van der Waals surface area (Å²) in [6.45, 7) is 8.41. The Morgan fingerprint density at radius 3 is 2.46 bits per heavy atom. The van der Waals surface area contributed by atoms with Crippen molar-refractivity contribution in [2.45, 2.75) is 79.1 Å². The van der Waals surface area contributed by atoms with Crippen LogP contribution in [0, 0.1) is 17.3 Å². The van der Waals surface area contributed by atoms with Crippen molar-refractivity contribution in [3.8, 4) is 0 Å². The van der Waals surface area contributed by atoms with Crippen molar-refractivity contribution in [2.75, 3.05) is 6.61 Å². The zero-order valence-corrected chi connectivity index (χ0v) is 18.1. The molecule has 2 rings (SSSR count). The Labute approximate surface area is 170 Å². The van der Waals surface area contributed by atoms with Crippen molar-refractivity contribution in [1.29, 1.82) is 0 Å². The van der Waals surface area contributed by atoms with Gasteiger partial charge in [-0.05, 0) is 96.5 Å². The quantitative estimate of drug-likeness (QED) is 0.552. The number of hydrogen-bond donors (Lipinski definition) is 2. The molecule has 0 aromatic carbocycles. The van der Waals surface area contributed by atoms with Crippen LogP contribution in [0.25, 0.3) is 0 Å². The minimum absolute atomic E-state index is 0.0350. The topological polar surface area (TPSA) is 57.5 Å². The predicted octanol–water partition coefficient (Wildman–Crippen LogP) is 6.22. The molecule has 0 fully saturated rings. The second-order valence-corrected chi connectivity index (χ2v) is 9.00. The summed E-state index contributed by atoms with van der Waals surface area (Å²) in [5.74, 6) is -0.709. The maximum atomic E-state index is 12.8. The van der Waals surface area contributed by atoms with Crippen molar-refractivity contribution in [3.63, 3.8) is 0 Å². The standard InChI is InChI=1S/C25H38O3/c1-18(2)7-6-16-25(24(27)28)22-13-10-19(3)8-5-9-20(4)11-15-23(25)21(17-26)12-14-22/h7,9-10,12,22-23,26H,5-6,8,11,13-17H2,1-4H3,(H,27,28)/b19-10+,20-9+/t22-,23-,25+/m0/s1. The largest absolute Gasteiger partial charge is 0.481 e. The molecule has 2 aliphatic carbocycles. The van der Waals surface area contributed by atoms with Gasteiger partial charge in [-0.25, -0.2) is 0 Å². The highest BCUT2D eigenvalue weighted by molar-refractivity contribution is 5.76. The molecule has 0 saturated heterocycles. The third-order valence-electron chi connectivity index (χ3n) is 6.76. The summed E-state index contributed by atoms with van der Waals surface area (Å²) in [5, 5.41) is 20.6. The molecular formula is C25H38O3. The number of fused-ring (bicyclic) bond motifs is 2. The Morgan fingerprint density at radius 1 is 1.14 bits per heavy atom. The molecular weight excluding hydrogens is 348 g/mol. The second-order valence-electron chi connectivity index (χ2n) is 9.00. The van der Waals surface area contributed by atoms with Gasteiger partial charge in [0.15, 0.2) is 0 Å². The highest BCUT2D eigenvalue weighted by Crippen LogP contribution is 2.53. The van der Waals surface area contributed by atoms with Crippen LogP contribution in [0.3, 0.4) is 0 Å². The first-order valence-electron chi connectivity index (χ1n) is 10.8. The molecule has 3 atom stereocenters. The fourth-order valence-corrected chi connectivity index (χ4v) is 5.06. The van der Waals surface area contributed by atoms with E-state index in [9.17, 15) is 15.0 Å². The van der Waals surface area contributed by atoms with Gasteiger partial charge in [0.25, 0.3) is 0 Å². The molecule has 0 aromatic rings. The summed E-state index contributed by atoms with van der Waals surface area (Å²) in [4.78, 5) is 12.8. The van der Waals surface area contributed by atoms with Crippen LogP contribution < -0.4 is 0 Å². The molecule has 0 aromatic heterocycles. The molecule has 3 heteroatoms. The Bertz CT molecular complexity index is 676. The molecule has 0 saturated carbocycles. The van der Waals surface area contributed by atoms with Gasteiger partial charge >= 0.3 is 5.97 Å². The normalized spacial score (nSPS) is 32.5. The van der Waals surface area contributed by atoms with Crippen molar-refractivity contribution < 1.29 is 15.0 Å². The summed E-state index contributed by atoms with van der Waals surface area (Å²) in [7, 11) is 0. The molecule has 0 radical (unpaired) electrons.